The summed E-state index contributed by atoms with van der Waals surface area (Å²) in [6, 6.07) is 18.1. The molecule has 0 bridgehead atoms. The van der Waals surface area contributed by atoms with Crippen molar-refractivity contribution >= 4 is 27.3 Å². The van der Waals surface area contributed by atoms with Gasteiger partial charge in [-0.15, -0.1) is 0 Å². The van der Waals surface area contributed by atoms with Gasteiger partial charge in [-0.3, -0.25) is 9.10 Å². The van der Waals surface area contributed by atoms with Gasteiger partial charge in [0.2, 0.25) is 10.0 Å². The smallest absolute Gasteiger partial charge is 0.255 e. The van der Waals surface area contributed by atoms with Crippen LogP contribution >= 0.6 is 0 Å². The average molecular weight is 453 g/mol. The van der Waals surface area contributed by atoms with Crippen molar-refractivity contribution in [1.29, 1.82) is 0 Å². The van der Waals surface area contributed by atoms with Gasteiger partial charge in [0.1, 0.15) is 5.75 Å². The molecule has 0 unspecified atom stereocenters. The molecule has 0 aliphatic heterocycles. The second-order valence-electron chi connectivity index (χ2n) is 7.90. The van der Waals surface area contributed by atoms with E-state index >= 15 is 0 Å². The summed E-state index contributed by atoms with van der Waals surface area (Å²) >= 11 is 0. The van der Waals surface area contributed by atoms with Crippen LogP contribution in [0.25, 0.3) is 0 Å². The largest absolute Gasteiger partial charge is 0.495 e. The third-order valence-electron chi connectivity index (χ3n) is 5.30. The van der Waals surface area contributed by atoms with Crippen LogP contribution in [0.4, 0.5) is 11.4 Å². The summed E-state index contributed by atoms with van der Waals surface area (Å²) in [5, 5.41) is 2.88. The van der Waals surface area contributed by atoms with Crippen molar-refractivity contribution in [2.45, 2.75) is 27.3 Å². The van der Waals surface area contributed by atoms with Crippen LogP contribution in [-0.4, -0.2) is 27.7 Å². The van der Waals surface area contributed by atoms with E-state index in [2.05, 4.69) is 5.32 Å². The van der Waals surface area contributed by atoms with Crippen molar-refractivity contribution in [1.82, 2.24) is 0 Å². The van der Waals surface area contributed by atoms with Gasteiger partial charge in [0, 0.05) is 5.56 Å². The highest BCUT2D eigenvalue weighted by Crippen LogP contribution is 2.27. The minimum Gasteiger partial charge on any atom is -0.495 e. The molecule has 0 spiro atoms. The van der Waals surface area contributed by atoms with Crippen LogP contribution in [-0.2, 0) is 16.6 Å². The molecular formula is C25H28N2O4S. The minimum absolute atomic E-state index is 0.121. The number of methoxy groups -OCH3 is 1. The maximum absolute atomic E-state index is 12.9. The second kappa shape index (κ2) is 9.44. The fourth-order valence-corrected chi connectivity index (χ4v) is 4.25. The monoisotopic (exact) mass is 452 g/mol. The molecule has 3 aromatic carbocycles. The highest BCUT2D eigenvalue weighted by molar-refractivity contribution is 7.92. The van der Waals surface area contributed by atoms with Crippen molar-refractivity contribution < 1.29 is 17.9 Å². The van der Waals surface area contributed by atoms with Gasteiger partial charge >= 0.3 is 0 Å². The summed E-state index contributed by atoms with van der Waals surface area (Å²) in [5.41, 5.74) is 5.40. The van der Waals surface area contributed by atoms with Crippen LogP contribution in [0.15, 0.2) is 60.7 Å². The topological polar surface area (TPSA) is 75.7 Å². The number of hydrogen-bond acceptors (Lipinski definition) is 4. The molecule has 0 aliphatic carbocycles. The Bertz CT molecular complexity index is 1250. The number of benzene rings is 3. The van der Waals surface area contributed by atoms with Gasteiger partial charge in [0.15, 0.2) is 0 Å². The Morgan fingerprint density at radius 1 is 0.969 bits per heavy atom. The van der Waals surface area contributed by atoms with Gasteiger partial charge in [-0.1, -0.05) is 24.3 Å². The van der Waals surface area contributed by atoms with E-state index in [0.29, 0.717) is 28.3 Å². The number of rotatable bonds is 7. The van der Waals surface area contributed by atoms with Gasteiger partial charge in [-0.25, -0.2) is 8.42 Å². The molecule has 0 radical (unpaired) electrons. The number of nitrogens with zero attached hydrogens (tertiary/aromatic N) is 1. The fourth-order valence-electron chi connectivity index (χ4n) is 3.37. The number of ether oxygens (including phenoxy) is 1. The number of nitrogens with one attached hydrogen (secondary N) is 1. The predicted molar refractivity (Wildman–Crippen MR) is 129 cm³/mol. The Morgan fingerprint density at radius 3 is 2.38 bits per heavy atom. The van der Waals surface area contributed by atoms with E-state index in [0.717, 1.165) is 16.7 Å². The Labute approximate surface area is 189 Å². The van der Waals surface area contributed by atoms with Gasteiger partial charge in [-0.05, 0) is 79.4 Å². The molecule has 3 aromatic rings. The third-order valence-corrected chi connectivity index (χ3v) is 6.44. The van der Waals surface area contributed by atoms with Crippen LogP contribution in [0.3, 0.4) is 0 Å². The van der Waals surface area contributed by atoms with Crippen molar-refractivity contribution in [2.24, 2.45) is 0 Å². The van der Waals surface area contributed by atoms with Gasteiger partial charge in [0.25, 0.3) is 5.91 Å². The summed E-state index contributed by atoms with van der Waals surface area (Å²) in [4.78, 5) is 12.9. The molecule has 0 fully saturated rings. The summed E-state index contributed by atoms with van der Waals surface area (Å²) in [6.07, 6.45) is 1.18. The van der Waals surface area contributed by atoms with Gasteiger partial charge < -0.3 is 10.1 Å². The predicted octanol–water partition coefficient (Wildman–Crippen LogP) is 4.84. The summed E-state index contributed by atoms with van der Waals surface area (Å²) in [6.45, 7) is 5.98. The first-order valence-corrected chi connectivity index (χ1v) is 12.0. The first kappa shape index (κ1) is 23.3. The number of carbonyl (C=O) groups excluding carboxylic acids is 1. The highest BCUT2D eigenvalue weighted by atomic mass is 32.2. The molecule has 0 heterocycles. The van der Waals surface area contributed by atoms with Crippen molar-refractivity contribution in [2.75, 3.05) is 23.0 Å². The lowest BCUT2D eigenvalue weighted by atomic mass is 10.1. The number of anilines is 2. The van der Waals surface area contributed by atoms with Gasteiger partial charge in [0.05, 0.1) is 31.3 Å². The normalized spacial score (nSPS) is 11.2. The van der Waals surface area contributed by atoms with Crippen LogP contribution in [0, 0.1) is 20.8 Å². The SMILES string of the molecule is COc1ccc(C)cc1NC(=O)c1cccc(CN(c2ccc(C)c(C)c2)S(C)(=O)=O)c1. The molecule has 3 rings (SSSR count). The van der Waals surface area contributed by atoms with E-state index in [1.165, 1.54) is 10.6 Å². The van der Waals surface area contributed by atoms with E-state index in [-0.39, 0.29) is 12.5 Å². The molecular weight excluding hydrogens is 424 g/mol. The van der Waals surface area contributed by atoms with Gasteiger partial charge in [-0.2, -0.15) is 0 Å². The number of sulfonamides is 1. The number of amides is 1. The molecule has 6 nitrogen and oxygen atoms in total. The molecule has 0 aromatic heterocycles. The lowest BCUT2D eigenvalue weighted by molar-refractivity contribution is 0.102. The first-order chi connectivity index (χ1) is 15.1. The molecule has 0 saturated carbocycles. The molecule has 1 N–H and O–H groups in total. The van der Waals surface area contributed by atoms with Crippen molar-refractivity contribution in [3.8, 4) is 5.75 Å². The number of hydrogen-bond donors (Lipinski definition) is 1. The second-order valence-corrected chi connectivity index (χ2v) is 9.80. The summed E-state index contributed by atoms with van der Waals surface area (Å²) in [5.74, 6) is 0.269. The molecule has 168 valence electrons. The maximum atomic E-state index is 12.9. The fraction of sp³-hybridized carbons (Fsp3) is 0.240. The zero-order valence-electron chi connectivity index (χ0n) is 19.0. The van der Waals surface area contributed by atoms with Crippen molar-refractivity contribution in [3.63, 3.8) is 0 Å². The molecule has 0 atom stereocenters. The van der Waals surface area contributed by atoms with E-state index in [9.17, 15) is 13.2 Å². The molecule has 1 amide bonds. The number of aryl methyl sites for hydroxylation is 3. The molecule has 0 aliphatic rings. The van der Waals surface area contributed by atoms with E-state index in [1.807, 2.05) is 51.1 Å². The minimum atomic E-state index is -3.52. The summed E-state index contributed by atoms with van der Waals surface area (Å²) < 4.78 is 31.7. The zero-order chi connectivity index (χ0) is 23.5. The Balaban J connectivity index is 1.88. The van der Waals surface area contributed by atoms with Crippen LogP contribution in [0.1, 0.15) is 32.6 Å². The lowest BCUT2D eigenvalue weighted by Gasteiger charge is -2.23. The Kier molecular flexibility index (Phi) is 6.89. The van der Waals surface area contributed by atoms with E-state index in [4.69, 9.17) is 4.74 Å². The quantitative estimate of drug-likeness (QED) is 0.557. The Hall–Kier alpha value is -3.32. The molecule has 0 saturated heterocycles. The van der Waals surface area contributed by atoms with Crippen LogP contribution in [0.5, 0.6) is 5.75 Å². The van der Waals surface area contributed by atoms with Crippen LogP contribution in [0.2, 0.25) is 0 Å². The highest BCUT2D eigenvalue weighted by Gasteiger charge is 2.19. The lowest BCUT2D eigenvalue weighted by Crippen LogP contribution is -2.29. The van der Waals surface area contributed by atoms with Crippen LogP contribution < -0.4 is 14.4 Å². The van der Waals surface area contributed by atoms with E-state index < -0.39 is 10.0 Å². The third kappa shape index (κ3) is 5.48. The van der Waals surface area contributed by atoms with E-state index in [1.54, 1.807) is 37.4 Å². The number of carbonyl (C=O) groups is 1. The zero-order valence-corrected chi connectivity index (χ0v) is 19.8. The molecule has 7 heteroatoms. The first-order valence-electron chi connectivity index (χ1n) is 10.2. The Morgan fingerprint density at radius 2 is 1.72 bits per heavy atom. The summed E-state index contributed by atoms with van der Waals surface area (Å²) in [7, 11) is -1.98. The average Bonchev–Trinajstić information content (AvgIpc) is 2.74. The molecule has 32 heavy (non-hydrogen) atoms. The standard InChI is InChI=1S/C25H28N2O4S/c1-17-9-12-24(31-4)23(13-17)26-25(28)21-8-6-7-20(15-21)16-27(32(5,29)30)22-11-10-18(2)19(3)14-22/h6-15H,16H2,1-5H3,(H,26,28). The van der Waals surface area contributed by atoms with Crippen molar-refractivity contribution in [3.05, 3.63) is 88.5 Å². The maximum Gasteiger partial charge on any atom is 0.255 e.